The van der Waals surface area contributed by atoms with Crippen LogP contribution in [0.15, 0.2) is 12.4 Å². The molecule has 0 bridgehead atoms. The van der Waals surface area contributed by atoms with Gasteiger partial charge >= 0.3 is 0 Å². The summed E-state index contributed by atoms with van der Waals surface area (Å²) in [5.74, 6) is 1.34. The van der Waals surface area contributed by atoms with Gasteiger partial charge in [0.25, 0.3) is 0 Å². The summed E-state index contributed by atoms with van der Waals surface area (Å²) >= 11 is 0. The molecule has 0 aliphatic rings. The molecule has 0 saturated heterocycles. The normalized spacial score (nSPS) is 11.0. The maximum Gasteiger partial charge on any atom is 0.225 e. The summed E-state index contributed by atoms with van der Waals surface area (Å²) in [5, 5.41) is 12.4. The monoisotopic (exact) mass is 266 g/mol. The van der Waals surface area contributed by atoms with E-state index in [1.165, 1.54) is 0 Å². The van der Waals surface area contributed by atoms with E-state index < -0.39 is 0 Å². The summed E-state index contributed by atoms with van der Waals surface area (Å²) in [6.45, 7) is 9.84. The van der Waals surface area contributed by atoms with Crippen molar-refractivity contribution in [3.8, 4) is 0 Å². The van der Waals surface area contributed by atoms with Crippen molar-refractivity contribution < 1.29 is 5.11 Å². The predicted octanol–water partition coefficient (Wildman–Crippen LogP) is 1.43. The smallest absolute Gasteiger partial charge is 0.225 e. The summed E-state index contributed by atoms with van der Waals surface area (Å²) in [6.07, 6.45) is 4.73. The lowest BCUT2D eigenvalue weighted by atomic mass is 10.2. The van der Waals surface area contributed by atoms with Crippen LogP contribution in [0.25, 0.3) is 0 Å². The van der Waals surface area contributed by atoms with E-state index in [4.69, 9.17) is 5.11 Å². The zero-order valence-electron chi connectivity index (χ0n) is 12.3. The van der Waals surface area contributed by atoms with Crippen LogP contribution < -0.4 is 10.2 Å². The molecule has 1 aromatic heterocycles. The maximum atomic E-state index is 9.04. The Bertz CT molecular complexity index is 334. The highest BCUT2D eigenvalue weighted by Crippen LogP contribution is 2.07. The molecule has 0 spiro atoms. The van der Waals surface area contributed by atoms with E-state index in [2.05, 4.69) is 36.1 Å². The first-order valence-electron chi connectivity index (χ1n) is 7.04. The van der Waals surface area contributed by atoms with Crippen molar-refractivity contribution in [3.63, 3.8) is 0 Å². The third-order valence-electron chi connectivity index (χ3n) is 2.72. The summed E-state index contributed by atoms with van der Waals surface area (Å²) in [5.41, 5.74) is 1.09. The molecule has 0 aliphatic carbocycles. The molecule has 0 fully saturated rings. The third-order valence-corrected chi connectivity index (χ3v) is 2.72. The van der Waals surface area contributed by atoms with E-state index in [-0.39, 0.29) is 6.61 Å². The summed E-state index contributed by atoms with van der Waals surface area (Å²) in [7, 11) is 0. The second kappa shape index (κ2) is 8.82. The molecule has 108 valence electrons. The van der Waals surface area contributed by atoms with Gasteiger partial charge in [-0.25, -0.2) is 9.97 Å². The summed E-state index contributed by atoms with van der Waals surface area (Å²) < 4.78 is 0. The van der Waals surface area contributed by atoms with E-state index in [1.54, 1.807) is 0 Å². The fraction of sp³-hybridized carbons (Fsp3) is 0.714. The second-order valence-electron chi connectivity index (χ2n) is 5.13. The molecule has 1 rings (SSSR count). The van der Waals surface area contributed by atoms with E-state index in [0.29, 0.717) is 18.4 Å². The Morgan fingerprint density at radius 2 is 1.95 bits per heavy atom. The molecule has 1 aromatic rings. The first-order valence-corrected chi connectivity index (χ1v) is 7.04. The van der Waals surface area contributed by atoms with Crippen LogP contribution in [0.4, 0.5) is 5.95 Å². The second-order valence-corrected chi connectivity index (χ2v) is 5.13. The first kappa shape index (κ1) is 15.9. The highest BCUT2D eigenvalue weighted by Gasteiger charge is 2.07. The molecule has 1 heterocycles. The molecule has 5 nitrogen and oxygen atoms in total. The van der Waals surface area contributed by atoms with Gasteiger partial charge < -0.3 is 15.3 Å². The molecular formula is C14H26N4O. The molecule has 0 aliphatic heterocycles. The standard InChI is InChI=1S/C14H26N4O/c1-4-5-18(6-7-19)14-16-10-13(11-17-14)9-15-8-12(2)3/h10-12,15,19H,4-9H2,1-3H3. The van der Waals surface area contributed by atoms with Crippen LogP contribution in [0, 0.1) is 5.92 Å². The van der Waals surface area contributed by atoms with Crippen molar-refractivity contribution in [2.75, 3.05) is 31.1 Å². The number of hydrogen-bond donors (Lipinski definition) is 2. The van der Waals surface area contributed by atoms with Gasteiger partial charge in [0.15, 0.2) is 0 Å². The maximum absolute atomic E-state index is 9.04. The number of nitrogens with zero attached hydrogens (tertiary/aromatic N) is 3. The molecule has 2 N–H and O–H groups in total. The van der Waals surface area contributed by atoms with Gasteiger partial charge in [-0.1, -0.05) is 20.8 Å². The Morgan fingerprint density at radius 3 is 2.47 bits per heavy atom. The van der Waals surface area contributed by atoms with Crippen LogP contribution in [-0.2, 0) is 6.54 Å². The van der Waals surface area contributed by atoms with Crippen LogP contribution in [0.2, 0.25) is 0 Å². The Labute approximate surface area is 116 Å². The number of nitrogens with one attached hydrogen (secondary N) is 1. The number of aliphatic hydroxyl groups excluding tert-OH is 1. The van der Waals surface area contributed by atoms with E-state index >= 15 is 0 Å². The first-order chi connectivity index (χ1) is 9.17. The van der Waals surface area contributed by atoms with Gasteiger partial charge in [0.2, 0.25) is 5.95 Å². The molecule has 0 radical (unpaired) electrons. The van der Waals surface area contributed by atoms with E-state index in [1.807, 2.05) is 17.3 Å². The minimum atomic E-state index is 0.126. The lowest BCUT2D eigenvalue weighted by Gasteiger charge is -2.20. The highest BCUT2D eigenvalue weighted by atomic mass is 16.3. The molecule has 19 heavy (non-hydrogen) atoms. The van der Waals surface area contributed by atoms with Crippen molar-refractivity contribution in [2.45, 2.75) is 33.7 Å². The average molecular weight is 266 g/mol. The van der Waals surface area contributed by atoms with Crippen LogP contribution in [-0.4, -0.2) is 41.3 Å². The summed E-state index contributed by atoms with van der Waals surface area (Å²) in [4.78, 5) is 10.8. The van der Waals surface area contributed by atoms with Crippen molar-refractivity contribution in [1.29, 1.82) is 0 Å². The zero-order valence-corrected chi connectivity index (χ0v) is 12.3. The quantitative estimate of drug-likeness (QED) is 0.708. The Balaban J connectivity index is 2.53. The number of anilines is 1. The van der Waals surface area contributed by atoms with Crippen molar-refractivity contribution in [1.82, 2.24) is 15.3 Å². The van der Waals surface area contributed by atoms with E-state index in [9.17, 15) is 0 Å². The largest absolute Gasteiger partial charge is 0.395 e. The Hall–Kier alpha value is -1.20. The topological polar surface area (TPSA) is 61.3 Å². The lowest BCUT2D eigenvalue weighted by molar-refractivity contribution is 0.301. The molecule has 0 amide bonds. The third kappa shape index (κ3) is 5.98. The lowest BCUT2D eigenvalue weighted by Crippen LogP contribution is -2.29. The average Bonchev–Trinajstić information content (AvgIpc) is 2.39. The van der Waals surface area contributed by atoms with Gasteiger partial charge in [0.1, 0.15) is 0 Å². The zero-order chi connectivity index (χ0) is 14.1. The van der Waals surface area contributed by atoms with Gasteiger partial charge in [-0.2, -0.15) is 0 Å². The van der Waals surface area contributed by atoms with Crippen LogP contribution >= 0.6 is 0 Å². The van der Waals surface area contributed by atoms with E-state index in [0.717, 1.165) is 31.6 Å². The highest BCUT2D eigenvalue weighted by molar-refractivity contribution is 5.29. The van der Waals surface area contributed by atoms with Gasteiger partial charge in [-0.3, -0.25) is 0 Å². The minimum absolute atomic E-state index is 0.126. The molecule has 0 saturated carbocycles. The molecule has 0 aromatic carbocycles. The number of hydrogen-bond acceptors (Lipinski definition) is 5. The van der Waals surface area contributed by atoms with Gasteiger partial charge in [-0.05, 0) is 18.9 Å². The van der Waals surface area contributed by atoms with Crippen LogP contribution in [0.5, 0.6) is 0 Å². The van der Waals surface area contributed by atoms with Crippen LogP contribution in [0.1, 0.15) is 32.8 Å². The van der Waals surface area contributed by atoms with Gasteiger partial charge in [-0.15, -0.1) is 0 Å². The fourth-order valence-electron chi connectivity index (χ4n) is 1.81. The predicted molar refractivity (Wildman–Crippen MR) is 78.2 cm³/mol. The molecule has 0 atom stereocenters. The fourth-order valence-corrected chi connectivity index (χ4v) is 1.81. The van der Waals surface area contributed by atoms with Crippen molar-refractivity contribution in [2.24, 2.45) is 5.92 Å². The van der Waals surface area contributed by atoms with Crippen molar-refractivity contribution in [3.05, 3.63) is 18.0 Å². The Morgan fingerprint density at radius 1 is 1.26 bits per heavy atom. The molecule has 5 heteroatoms. The van der Waals surface area contributed by atoms with Crippen molar-refractivity contribution >= 4 is 5.95 Å². The number of aliphatic hydroxyl groups is 1. The van der Waals surface area contributed by atoms with Crippen LogP contribution in [0.3, 0.4) is 0 Å². The number of rotatable bonds is 9. The molecule has 0 unspecified atom stereocenters. The minimum Gasteiger partial charge on any atom is -0.395 e. The van der Waals surface area contributed by atoms with Gasteiger partial charge in [0, 0.05) is 37.6 Å². The van der Waals surface area contributed by atoms with Gasteiger partial charge in [0.05, 0.1) is 6.61 Å². The molecular weight excluding hydrogens is 240 g/mol. The SMILES string of the molecule is CCCN(CCO)c1ncc(CNCC(C)C)cn1. The summed E-state index contributed by atoms with van der Waals surface area (Å²) in [6, 6.07) is 0. The number of aromatic nitrogens is 2. The Kier molecular flexibility index (Phi) is 7.36.